The Morgan fingerprint density at radius 2 is 1.04 bits per heavy atom. The van der Waals surface area contributed by atoms with E-state index in [4.69, 9.17) is 0 Å². The van der Waals surface area contributed by atoms with Crippen molar-refractivity contribution in [3.63, 3.8) is 0 Å². The molecule has 1 saturated heterocycles. The van der Waals surface area contributed by atoms with Crippen LogP contribution in [-0.2, 0) is 4.79 Å². The first-order valence-electron chi connectivity index (χ1n) is 9.33. The van der Waals surface area contributed by atoms with E-state index in [1.165, 1.54) is 6.42 Å². The highest BCUT2D eigenvalue weighted by atomic mass is 16.2. The highest BCUT2D eigenvalue weighted by Crippen LogP contribution is 2.38. The smallest absolute Gasteiger partial charge is 0.220 e. The molecule has 0 bridgehead atoms. The molecule has 0 aliphatic carbocycles. The second-order valence-electron chi connectivity index (χ2n) is 9.83. The number of piperidine rings is 1. The van der Waals surface area contributed by atoms with Gasteiger partial charge >= 0.3 is 0 Å². The van der Waals surface area contributed by atoms with Crippen LogP contribution in [0.2, 0.25) is 0 Å². The first kappa shape index (κ1) is 24.7. The molecule has 2 nitrogen and oxygen atoms in total. The zero-order chi connectivity index (χ0) is 19.3. The van der Waals surface area contributed by atoms with Crippen LogP contribution >= 0.6 is 0 Å². The van der Waals surface area contributed by atoms with Crippen molar-refractivity contribution in [2.24, 2.45) is 10.8 Å². The van der Waals surface area contributed by atoms with Gasteiger partial charge in [0.25, 0.3) is 0 Å². The van der Waals surface area contributed by atoms with Gasteiger partial charge in [-0.2, -0.15) is 0 Å². The molecular formula is C21H45NO. The molecule has 140 valence electrons. The summed E-state index contributed by atoms with van der Waals surface area (Å²) in [4.78, 5) is 13.6. The largest absolute Gasteiger partial charge is 0.333 e. The minimum absolute atomic E-state index is 0.0353. The number of carbonyl (C=O) groups is 1. The van der Waals surface area contributed by atoms with E-state index >= 15 is 0 Å². The summed E-state index contributed by atoms with van der Waals surface area (Å²) in [5.74, 6) is 0.203. The van der Waals surface area contributed by atoms with Crippen molar-refractivity contribution >= 4 is 5.91 Å². The molecule has 1 aliphatic rings. The van der Waals surface area contributed by atoms with Crippen LogP contribution in [0.1, 0.15) is 109 Å². The van der Waals surface area contributed by atoms with E-state index in [1.54, 1.807) is 6.92 Å². The van der Waals surface area contributed by atoms with E-state index in [9.17, 15) is 4.79 Å². The Morgan fingerprint density at radius 3 is 1.17 bits per heavy atom. The monoisotopic (exact) mass is 327 g/mol. The molecule has 23 heavy (non-hydrogen) atoms. The van der Waals surface area contributed by atoms with Gasteiger partial charge in [-0.3, -0.25) is 4.79 Å². The number of likely N-dealkylation sites (tertiary alicyclic amines) is 1. The van der Waals surface area contributed by atoms with Gasteiger partial charge < -0.3 is 4.90 Å². The molecule has 2 heteroatoms. The van der Waals surface area contributed by atoms with Gasteiger partial charge in [0.15, 0.2) is 0 Å². The molecule has 1 aliphatic heterocycles. The maximum absolute atomic E-state index is 11.6. The van der Waals surface area contributed by atoms with Crippen molar-refractivity contribution < 1.29 is 4.79 Å². The number of hydrogen-bond acceptors (Lipinski definition) is 1. The lowest BCUT2D eigenvalue weighted by atomic mass is 9.71. The summed E-state index contributed by atoms with van der Waals surface area (Å²) < 4.78 is 0. The van der Waals surface area contributed by atoms with Crippen LogP contribution in [0.25, 0.3) is 0 Å². The second kappa shape index (κ2) is 8.53. The first-order valence-corrected chi connectivity index (χ1v) is 9.33. The van der Waals surface area contributed by atoms with Gasteiger partial charge in [0.1, 0.15) is 0 Å². The predicted molar refractivity (Wildman–Crippen MR) is 105 cm³/mol. The Bertz CT molecular complexity index is 325. The second-order valence-corrected chi connectivity index (χ2v) is 9.83. The number of carbonyl (C=O) groups excluding carboxylic acids is 1. The zero-order valence-electron chi connectivity index (χ0n) is 18.5. The van der Waals surface area contributed by atoms with Gasteiger partial charge in [0.05, 0.1) is 0 Å². The molecule has 0 saturated carbocycles. The Kier molecular flexibility index (Phi) is 9.17. The molecule has 0 radical (unpaired) electrons. The molecule has 0 aromatic rings. The average molecular weight is 328 g/mol. The van der Waals surface area contributed by atoms with E-state index in [1.807, 2.05) is 18.7 Å². The molecule has 0 aromatic heterocycles. The van der Waals surface area contributed by atoms with E-state index in [0.29, 0.717) is 10.8 Å². The molecule has 0 aromatic carbocycles. The maximum atomic E-state index is 11.6. The predicted octanol–water partition coefficient (Wildman–Crippen LogP) is 6.68. The maximum Gasteiger partial charge on any atom is 0.220 e. The molecule has 0 unspecified atom stereocenters. The Labute approximate surface area is 147 Å². The molecule has 0 atom stereocenters. The van der Waals surface area contributed by atoms with Crippen molar-refractivity contribution in [1.82, 2.24) is 4.90 Å². The number of rotatable bonds is 0. The Morgan fingerprint density at radius 1 is 0.783 bits per heavy atom. The van der Waals surface area contributed by atoms with Crippen molar-refractivity contribution in [3.8, 4) is 0 Å². The molecule has 1 rings (SSSR count). The van der Waals surface area contributed by atoms with Gasteiger partial charge in [-0.25, -0.2) is 0 Å². The fraction of sp³-hybridized carbons (Fsp3) is 0.952. The van der Waals surface area contributed by atoms with Crippen LogP contribution in [0.4, 0.5) is 0 Å². The van der Waals surface area contributed by atoms with E-state index in [-0.39, 0.29) is 17.0 Å². The van der Waals surface area contributed by atoms with Gasteiger partial charge in [0.2, 0.25) is 5.91 Å². The fourth-order valence-corrected chi connectivity index (χ4v) is 2.85. The summed E-state index contributed by atoms with van der Waals surface area (Å²) in [7, 11) is 0. The lowest BCUT2D eigenvalue weighted by Gasteiger charge is -2.52. The average Bonchev–Trinajstić information content (AvgIpc) is 2.26. The molecule has 1 amide bonds. The van der Waals surface area contributed by atoms with Crippen LogP contribution in [-0.4, -0.2) is 21.9 Å². The molecular weight excluding hydrogens is 282 g/mol. The summed E-state index contributed by atoms with van der Waals surface area (Å²) in [6, 6.07) is 0. The van der Waals surface area contributed by atoms with Crippen LogP contribution in [0.3, 0.4) is 0 Å². The van der Waals surface area contributed by atoms with Crippen LogP contribution < -0.4 is 0 Å². The van der Waals surface area contributed by atoms with Crippen molar-refractivity contribution in [1.29, 1.82) is 0 Å². The Balaban J connectivity index is 0. The van der Waals surface area contributed by atoms with E-state index in [2.05, 4.69) is 69.2 Å². The standard InChI is InChI=1S/C11H21NO.C8H18.C2H6/c1-9(13)12-10(2,3)7-6-8-11(12,4)5;1-7(2,3)8(4,5)6;1-2/h6-8H2,1-5H3;1-6H3;1-2H3. The van der Waals surface area contributed by atoms with Crippen LogP contribution in [0.15, 0.2) is 0 Å². The summed E-state index contributed by atoms with van der Waals surface area (Å²) in [6.45, 7) is 27.9. The summed E-state index contributed by atoms with van der Waals surface area (Å²) >= 11 is 0. The SMILES string of the molecule is CC.CC(=O)N1C(C)(C)CCCC1(C)C.CC(C)(C)C(C)(C)C. The summed E-state index contributed by atoms with van der Waals surface area (Å²) in [5.41, 5.74) is 0.946. The van der Waals surface area contributed by atoms with E-state index < -0.39 is 0 Å². The van der Waals surface area contributed by atoms with Gasteiger partial charge in [-0.15, -0.1) is 0 Å². The molecule has 1 fully saturated rings. The molecule has 1 heterocycles. The summed E-state index contributed by atoms with van der Waals surface area (Å²) in [5, 5.41) is 0. The third kappa shape index (κ3) is 7.72. The third-order valence-corrected chi connectivity index (χ3v) is 5.35. The molecule has 0 N–H and O–H groups in total. The fourth-order valence-electron chi connectivity index (χ4n) is 2.85. The van der Waals surface area contributed by atoms with Crippen LogP contribution in [0.5, 0.6) is 0 Å². The zero-order valence-corrected chi connectivity index (χ0v) is 18.5. The normalized spacial score (nSPS) is 19.8. The van der Waals surface area contributed by atoms with E-state index in [0.717, 1.165) is 12.8 Å². The first-order chi connectivity index (χ1) is 10.0. The quantitative estimate of drug-likeness (QED) is 0.486. The minimum Gasteiger partial charge on any atom is -0.333 e. The lowest BCUT2D eigenvalue weighted by Crippen LogP contribution is -2.60. The molecule has 0 spiro atoms. The van der Waals surface area contributed by atoms with Crippen LogP contribution in [0, 0.1) is 10.8 Å². The Hall–Kier alpha value is -0.530. The van der Waals surface area contributed by atoms with Crippen molar-refractivity contribution in [2.75, 3.05) is 0 Å². The minimum atomic E-state index is 0.0353. The highest BCUT2D eigenvalue weighted by Gasteiger charge is 2.42. The van der Waals surface area contributed by atoms with Gasteiger partial charge in [0, 0.05) is 18.0 Å². The number of amides is 1. The van der Waals surface area contributed by atoms with Gasteiger partial charge in [-0.1, -0.05) is 55.4 Å². The summed E-state index contributed by atoms with van der Waals surface area (Å²) in [6.07, 6.45) is 3.47. The van der Waals surface area contributed by atoms with Crippen molar-refractivity contribution in [3.05, 3.63) is 0 Å². The van der Waals surface area contributed by atoms with Crippen molar-refractivity contribution in [2.45, 2.75) is 120 Å². The third-order valence-electron chi connectivity index (χ3n) is 5.35. The topological polar surface area (TPSA) is 20.3 Å². The highest BCUT2D eigenvalue weighted by molar-refractivity contribution is 5.75. The lowest BCUT2D eigenvalue weighted by molar-refractivity contribution is -0.146. The number of nitrogens with zero attached hydrogens (tertiary/aromatic N) is 1. The number of hydrogen-bond donors (Lipinski definition) is 0. The van der Waals surface area contributed by atoms with Gasteiger partial charge in [-0.05, 0) is 57.8 Å².